The Labute approximate surface area is 129 Å². The first kappa shape index (κ1) is 14.3. The van der Waals surface area contributed by atoms with Crippen molar-refractivity contribution >= 4 is 28.6 Å². The SMILES string of the molecule is CC1C(c2ccc(Cl)cc2)SC(=O)N1C1CCCCC1. The lowest BCUT2D eigenvalue weighted by atomic mass is 9.93. The highest BCUT2D eigenvalue weighted by Gasteiger charge is 2.42. The summed E-state index contributed by atoms with van der Waals surface area (Å²) in [6.45, 7) is 2.19. The first-order chi connectivity index (χ1) is 9.66. The number of halogens is 1. The maximum atomic E-state index is 12.4. The smallest absolute Gasteiger partial charge is 0.282 e. The fraction of sp³-hybridized carbons (Fsp3) is 0.562. The molecule has 2 aliphatic rings. The molecular formula is C16H20ClNOS. The van der Waals surface area contributed by atoms with Gasteiger partial charge in [-0.2, -0.15) is 0 Å². The lowest BCUT2D eigenvalue weighted by Crippen LogP contribution is -2.42. The normalized spacial score (nSPS) is 28.1. The molecule has 1 saturated carbocycles. The van der Waals surface area contributed by atoms with Gasteiger partial charge in [0, 0.05) is 17.1 Å². The van der Waals surface area contributed by atoms with Crippen LogP contribution in [0.5, 0.6) is 0 Å². The molecular weight excluding hydrogens is 290 g/mol. The third-order valence-corrected chi connectivity index (χ3v) is 6.07. The summed E-state index contributed by atoms with van der Waals surface area (Å²) in [4.78, 5) is 14.5. The van der Waals surface area contributed by atoms with Crippen LogP contribution in [0.2, 0.25) is 5.02 Å². The Morgan fingerprint density at radius 3 is 2.45 bits per heavy atom. The van der Waals surface area contributed by atoms with E-state index in [0.29, 0.717) is 6.04 Å². The summed E-state index contributed by atoms with van der Waals surface area (Å²) in [5.74, 6) is 0. The molecule has 1 aromatic carbocycles. The number of thioether (sulfide) groups is 1. The van der Waals surface area contributed by atoms with Gasteiger partial charge in [0.1, 0.15) is 0 Å². The third kappa shape index (κ3) is 2.71. The van der Waals surface area contributed by atoms with Gasteiger partial charge in [0.25, 0.3) is 5.24 Å². The van der Waals surface area contributed by atoms with Crippen molar-refractivity contribution in [3.05, 3.63) is 34.9 Å². The summed E-state index contributed by atoms with van der Waals surface area (Å²) in [6, 6.07) is 8.66. The van der Waals surface area contributed by atoms with Gasteiger partial charge in [-0.15, -0.1) is 0 Å². The van der Waals surface area contributed by atoms with Crippen LogP contribution < -0.4 is 0 Å². The monoisotopic (exact) mass is 309 g/mol. The summed E-state index contributed by atoms with van der Waals surface area (Å²) < 4.78 is 0. The summed E-state index contributed by atoms with van der Waals surface area (Å²) in [5, 5.41) is 1.24. The number of rotatable bonds is 2. The van der Waals surface area contributed by atoms with Gasteiger partial charge in [0.15, 0.2) is 0 Å². The van der Waals surface area contributed by atoms with Crippen LogP contribution in [0.25, 0.3) is 0 Å². The quantitative estimate of drug-likeness (QED) is 0.741. The highest BCUT2D eigenvalue weighted by atomic mass is 35.5. The Bertz CT molecular complexity index is 484. The highest BCUT2D eigenvalue weighted by Crippen LogP contribution is 2.45. The molecule has 2 fully saturated rings. The zero-order valence-corrected chi connectivity index (χ0v) is 13.3. The van der Waals surface area contributed by atoms with E-state index in [2.05, 4.69) is 11.8 Å². The Morgan fingerprint density at radius 1 is 1.15 bits per heavy atom. The highest BCUT2D eigenvalue weighted by molar-refractivity contribution is 8.14. The van der Waals surface area contributed by atoms with Crippen molar-refractivity contribution in [1.82, 2.24) is 4.90 Å². The second-order valence-corrected chi connectivity index (χ2v) is 7.32. The first-order valence-corrected chi connectivity index (χ1v) is 8.67. The molecule has 1 amide bonds. The molecule has 2 nitrogen and oxygen atoms in total. The minimum Gasteiger partial charge on any atom is -0.326 e. The molecule has 0 radical (unpaired) electrons. The summed E-state index contributed by atoms with van der Waals surface area (Å²) in [7, 11) is 0. The molecule has 1 saturated heterocycles. The minimum absolute atomic E-state index is 0.238. The predicted molar refractivity (Wildman–Crippen MR) is 85.4 cm³/mol. The lowest BCUT2D eigenvalue weighted by molar-refractivity contribution is 0.155. The average Bonchev–Trinajstić information content (AvgIpc) is 2.76. The van der Waals surface area contributed by atoms with Gasteiger partial charge in [0.05, 0.1) is 5.25 Å². The average molecular weight is 310 g/mol. The molecule has 1 heterocycles. The van der Waals surface area contributed by atoms with Crippen molar-refractivity contribution in [2.45, 2.75) is 56.4 Å². The number of carbonyl (C=O) groups is 1. The zero-order chi connectivity index (χ0) is 14.1. The van der Waals surface area contributed by atoms with Crippen LogP contribution in [0.4, 0.5) is 4.79 Å². The minimum atomic E-state index is 0.238. The molecule has 1 aromatic rings. The molecule has 0 aromatic heterocycles. The second-order valence-electron chi connectivity index (χ2n) is 5.80. The number of benzene rings is 1. The standard InChI is InChI=1S/C16H20ClNOS/c1-11-15(12-7-9-13(17)10-8-12)20-16(19)18(11)14-5-3-2-4-6-14/h7-11,14-15H,2-6H2,1H3. The van der Waals surface area contributed by atoms with E-state index in [0.717, 1.165) is 5.02 Å². The maximum absolute atomic E-state index is 12.4. The molecule has 2 unspecified atom stereocenters. The molecule has 2 atom stereocenters. The van der Waals surface area contributed by atoms with Crippen LogP contribution in [0.1, 0.15) is 49.8 Å². The van der Waals surface area contributed by atoms with Crippen LogP contribution in [0.3, 0.4) is 0 Å². The van der Waals surface area contributed by atoms with Crippen molar-refractivity contribution in [3.8, 4) is 0 Å². The summed E-state index contributed by atoms with van der Waals surface area (Å²) in [6.07, 6.45) is 6.18. The van der Waals surface area contributed by atoms with E-state index in [-0.39, 0.29) is 16.5 Å². The van der Waals surface area contributed by atoms with E-state index in [4.69, 9.17) is 11.6 Å². The van der Waals surface area contributed by atoms with Gasteiger partial charge in [-0.05, 0) is 37.5 Å². The summed E-state index contributed by atoms with van der Waals surface area (Å²) >= 11 is 7.43. The third-order valence-electron chi connectivity index (χ3n) is 4.48. The van der Waals surface area contributed by atoms with E-state index in [1.165, 1.54) is 49.4 Å². The van der Waals surface area contributed by atoms with Gasteiger partial charge < -0.3 is 4.90 Å². The number of nitrogens with zero attached hydrogens (tertiary/aromatic N) is 1. The van der Waals surface area contributed by atoms with Gasteiger partial charge in [0.2, 0.25) is 0 Å². The van der Waals surface area contributed by atoms with Crippen LogP contribution in [-0.4, -0.2) is 22.2 Å². The van der Waals surface area contributed by atoms with E-state index in [1.54, 1.807) is 0 Å². The molecule has 4 heteroatoms. The topological polar surface area (TPSA) is 20.3 Å². The van der Waals surface area contributed by atoms with E-state index < -0.39 is 0 Å². The fourth-order valence-corrected chi connectivity index (χ4v) is 4.82. The molecule has 0 spiro atoms. The lowest BCUT2D eigenvalue weighted by Gasteiger charge is -2.34. The largest absolute Gasteiger partial charge is 0.326 e. The van der Waals surface area contributed by atoms with Crippen molar-refractivity contribution in [2.75, 3.05) is 0 Å². The van der Waals surface area contributed by atoms with Crippen LogP contribution >= 0.6 is 23.4 Å². The first-order valence-electron chi connectivity index (χ1n) is 7.41. The Kier molecular flexibility index (Phi) is 4.27. The van der Waals surface area contributed by atoms with Crippen molar-refractivity contribution in [1.29, 1.82) is 0 Å². The van der Waals surface area contributed by atoms with Crippen molar-refractivity contribution in [3.63, 3.8) is 0 Å². The Balaban J connectivity index is 1.78. The number of amides is 1. The number of hydrogen-bond donors (Lipinski definition) is 0. The van der Waals surface area contributed by atoms with Gasteiger partial charge >= 0.3 is 0 Å². The van der Waals surface area contributed by atoms with Crippen molar-refractivity contribution in [2.24, 2.45) is 0 Å². The van der Waals surface area contributed by atoms with Crippen molar-refractivity contribution < 1.29 is 4.79 Å². The van der Waals surface area contributed by atoms with Gasteiger partial charge in [-0.3, -0.25) is 4.79 Å². The van der Waals surface area contributed by atoms with E-state index in [9.17, 15) is 4.79 Å². The van der Waals surface area contributed by atoms with Crippen LogP contribution in [0, 0.1) is 0 Å². The number of hydrogen-bond acceptors (Lipinski definition) is 2. The van der Waals surface area contributed by atoms with Crippen LogP contribution in [0.15, 0.2) is 24.3 Å². The number of carbonyl (C=O) groups excluding carboxylic acids is 1. The van der Waals surface area contributed by atoms with E-state index >= 15 is 0 Å². The molecule has 0 N–H and O–H groups in total. The van der Waals surface area contributed by atoms with Gasteiger partial charge in [-0.1, -0.05) is 54.8 Å². The van der Waals surface area contributed by atoms with Crippen LogP contribution in [-0.2, 0) is 0 Å². The molecule has 20 heavy (non-hydrogen) atoms. The molecule has 1 aliphatic heterocycles. The molecule has 1 aliphatic carbocycles. The van der Waals surface area contributed by atoms with Gasteiger partial charge in [-0.25, -0.2) is 0 Å². The zero-order valence-electron chi connectivity index (χ0n) is 11.7. The van der Waals surface area contributed by atoms with E-state index in [1.807, 2.05) is 24.3 Å². The fourth-order valence-electron chi connectivity index (χ4n) is 3.42. The maximum Gasteiger partial charge on any atom is 0.282 e. The Morgan fingerprint density at radius 2 is 1.80 bits per heavy atom. The molecule has 0 bridgehead atoms. The molecule has 108 valence electrons. The Hall–Kier alpha value is -0.670. The molecule has 3 rings (SSSR count). The predicted octanol–water partition coefficient (Wildman–Crippen LogP) is 5.27. The summed E-state index contributed by atoms with van der Waals surface area (Å²) in [5.41, 5.74) is 1.21. The second kappa shape index (κ2) is 5.98.